The van der Waals surface area contributed by atoms with E-state index in [1.54, 1.807) is 6.20 Å². The van der Waals surface area contributed by atoms with Crippen molar-refractivity contribution in [2.24, 2.45) is 0 Å². The Balaban J connectivity index is 1.92. The molecule has 1 aromatic carbocycles. The zero-order chi connectivity index (χ0) is 14.8. The van der Waals surface area contributed by atoms with E-state index < -0.39 is 0 Å². The van der Waals surface area contributed by atoms with Crippen molar-refractivity contribution in [3.8, 4) is 5.75 Å². The summed E-state index contributed by atoms with van der Waals surface area (Å²) in [6.45, 7) is 2.59. The highest BCUT2D eigenvalue weighted by molar-refractivity contribution is 9.10. The number of halogens is 1. The van der Waals surface area contributed by atoms with Gasteiger partial charge >= 0.3 is 0 Å². The molecule has 21 heavy (non-hydrogen) atoms. The average molecular weight is 366 g/mol. The van der Waals surface area contributed by atoms with Crippen LogP contribution in [0.1, 0.15) is 6.92 Å². The van der Waals surface area contributed by atoms with Gasteiger partial charge in [-0.1, -0.05) is 0 Å². The molecule has 0 aliphatic carbocycles. The van der Waals surface area contributed by atoms with Crippen molar-refractivity contribution in [1.29, 1.82) is 0 Å². The Morgan fingerprint density at radius 2 is 2.24 bits per heavy atom. The molecule has 0 atom stereocenters. The number of nitrogens with one attached hydrogen (secondary N) is 1. The second-order valence-electron chi connectivity index (χ2n) is 4.14. The first-order chi connectivity index (χ1) is 10.2. The molecule has 0 amide bonds. The molecule has 0 aliphatic heterocycles. The summed E-state index contributed by atoms with van der Waals surface area (Å²) in [5.41, 5.74) is 7.40. The number of anilines is 1. The average Bonchev–Trinajstić information content (AvgIpc) is 2.85. The van der Waals surface area contributed by atoms with E-state index >= 15 is 0 Å². The Morgan fingerprint density at radius 3 is 3.05 bits per heavy atom. The molecule has 8 heteroatoms. The highest BCUT2D eigenvalue weighted by Gasteiger charge is 2.10. The van der Waals surface area contributed by atoms with Gasteiger partial charge in [-0.2, -0.15) is 0 Å². The Kier molecular flexibility index (Phi) is 3.98. The number of nitrogens with two attached hydrogens (primary N) is 1. The maximum Gasteiger partial charge on any atom is 0.221 e. The summed E-state index contributed by atoms with van der Waals surface area (Å²) in [7, 11) is 0. The summed E-state index contributed by atoms with van der Waals surface area (Å²) < 4.78 is 6.25. The van der Waals surface area contributed by atoms with Gasteiger partial charge < -0.3 is 15.5 Å². The summed E-state index contributed by atoms with van der Waals surface area (Å²) in [6, 6.07) is 5.75. The predicted molar refractivity (Wildman–Crippen MR) is 85.5 cm³/mol. The molecule has 0 unspecified atom stereocenters. The van der Waals surface area contributed by atoms with Gasteiger partial charge in [-0.25, -0.2) is 15.0 Å². The number of rotatable bonds is 4. The third-order valence-corrected chi connectivity index (χ3v) is 4.40. The van der Waals surface area contributed by atoms with E-state index in [9.17, 15) is 0 Å². The third-order valence-electron chi connectivity index (χ3n) is 2.67. The summed E-state index contributed by atoms with van der Waals surface area (Å²) in [5, 5.41) is 1.45. The van der Waals surface area contributed by atoms with Gasteiger partial charge in [-0.05, 0) is 46.7 Å². The topological polar surface area (TPSA) is 89.7 Å². The van der Waals surface area contributed by atoms with Gasteiger partial charge in [0.15, 0.2) is 5.16 Å². The number of aromatic amines is 1. The van der Waals surface area contributed by atoms with E-state index in [-0.39, 0.29) is 5.95 Å². The van der Waals surface area contributed by atoms with E-state index in [1.807, 2.05) is 25.1 Å². The van der Waals surface area contributed by atoms with Gasteiger partial charge in [0, 0.05) is 12.3 Å². The van der Waals surface area contributed by atoms with Crippen molar-refractivity contribution in [3.05, 3.63) is 28.9 Å². The number of benzene rings is 1. The minimum Gasteiger partial charge on any atom is -0.494 e. The van der Waals surface area contributed by atoms with Crippen molar-refractivity contribution < 1.29 is 4.74 Å². The highest BCUT2D eigenvalue weighted by atomic mass is 79.9. The van der Waals surface area contributed by atoms with Crippen LogP contribution in [-0.4, -0.2) is 26.5 Å². The molecule has 2 heterocycles. The smallest absolute Gasteiger partial charge is 0.221 e. The van der Waals surface area contributed by atoms with Crippen LogP contribution in [0.2, 0.25) is 0 Å². The van der Waals surface area contributed by atoms with Crippen LogP contribution in [0.4, 0.5) is 5.95 Å². The highest BCUT2D eigenvalue weighted by Crippen LogP contribution is 2.31. The van der Waals surface area contributed by atoms with E-state index in [4.69, 9.17) is 10.5 Å². The molecule has 3 N–H and O–H groups in total. The number of hydrogen-bond acceptors (Lipinski definition) is 6. The van der Waals surface area contributed by atoms with Gasteiger partial charge in [0.05, 0.1) is 22.1 Å². The fraction of sp³-hybridized carbons (Fsp3) is 0.154. The molecule has 2 aromatic heterocycles. The first kappa shape index (κ1) is 14.2. The third kappa shape index (κ3) is 3.11. The maximum atomic E-state index is 5.61. The van der Waals surface area contributed by atoms with Crippen LogP contribution in [0.25, 0.3) is 11.0 Å². The number of fused-ring (bicyclic) bond motifs is 1. The molecule has 3 aromatic rings. The Labute approximate surface area is 133 Å². The normalized spacial score (nSPS) is 11.0. The van der Waals surface area contributed by atoms with E-state index in [2.05, 4.69) is 35.9 Å². The van der Waals surface area contributed by atoms with E-state index in [1.165, 1.54) is 11.8 Å². The van der Waals surface area contributed by atoms with Crippen LogP contribution in [-0.2, 0) is 0 Å². The molecule has 3 rings (SSSR count). The molecule has 0 aliphatic rings. The number of hydrogen-bond donors (Lipinski definition) is 2. The summed E-state index contributed by atoms with van der Waals surface area (Å²) in [6.07, 6.45) is 1.63. The molecule has 0 fully saturated rings. The maximum absolute atomic E-state index is 5.61. The second kappa shape index (κ2) is 5.90. The SMILES string of the molecule is CCOc1ccc2nc(Sc3nc(N)ncc3Br)[nH]c2c1. The Hall–Kier alpha value is -1.80. The molecule has 0 radical (unpaired) electrons. The van der Waals surface area contributed by atoms with Gasteiger partial charge in [-0.3, -0.25) is 0 Å². The molecule has 0 saturated carbocycles. The minimum absolute atomic E-state index is 0.232. The van der Waals surface area contributed by atoms with Crippen LogP contribution in [0.3, 0.4) is 0 Å². The number of nitrogens with zero attached hydrogens (tertiary/aromatic N) is 3. The van der Waals surface area contributed by atoms with Crippen molar-refractivity contribution >= 4 is 44.7 Å². The van der Waals surface area contributed by atoms with Crippen LogP contribution in [0.5, 0.6) is 5.75 Å². The Morgan fingerprint density at radius 1 is 1.38 bits per heavy atom. The van der Waals surface area contributed by atoms with Crippen LogP contribution in [0.15, 0.2) is 39.1 Å². The molecule has 108 valence electrons. The number of H-pyrrole nitrogens is 1. The van der Waals surface area contributed by atoms with E-state index in [0.29, 0.717) is 11.6 Å². The molecule has 0 bridgehead atoms. The van der Waals surface area contributed by atoms with Crippen LogP contribution >= 0.6 is 27.7 Å². The largest absolute Gasteiger partial charge is 0.494 e. The number of imidazole rings is 1. The Bertz CT molecular complexity index is 791. The molecule has 6 nitrogen and oxygen atoms in total. The summed E-state index contributed by atoms with van der Waals surface area (Å²) in [5.74, 6) is 1.05. The molecule has 0 saturated heterocycles. The zero-order valence-electron chi connectivity index (χ0n) is 11.1. The van der Waals surface area contributed by atoms with Crippen molar-refractivity contribution in [3.63, 3.8) is 0 Å². The van der Waals surface area contributed by atoms with Gasteiger partial charge in [0.25, 0.3) is 0 Å². The predicted octanol–water partition coefficient (Wildman–Crippen LogP) is 3.25. The van der Waals surface area contributed by atoms with Crippen molar-refractivity contribution in [1.82, 2.24) is 19.9 Å². The molecule has 0 spiro atoms. The van der Waals surface area contributed by atoms with Gasteiger partial charge in [-0.15, -0.1) is 0 Å². The summed E-state index contributed by atoms with van der Waals surface area (Å²) in [4.78, 5) is 15.8. The minimum atomic E-state index is 0.232. The standard InChI is InChI=1S/C13H12BrN5OS/c1-2-20-7-3-4-9-10(5-7)18-13(17-9)21-11-8(14)6-16-12(15)19-11/h3-6H,2H2,1H3,(H,17,18)(H2,15,16,19). The van der Waals surface area contributed by atoms with Gasteiger partial charge in [0.1, 0.15) is 10.8 Å². The summed E-state index contributed by atoms with van der Waals surface area (Å²) >= 11 is 4.79. The lowest BCUT2D eigenvalue weighted by Gasteiger charge is -2.01. The van der Waals surface area contributed by atoms with Crippen LogP contribution in [0, 0.1) is 0 Å². The molecular formula is C13H12BrN5OS. The fourth-order valence-electron chi connectivity index (χ4n) is 1.80. The van der Waals surface area contributed by atoms with E-state index in [0.717, 1.165) is 26.4 Å². The first-order valence-electron chi connectivity index (χ1n) is 6.24. The number of aromatic nitrogens is 4. The fourth-order valence-corrected chi connectivity index (χ4v) is 3.01. The quantitative estimate of drug-likeness (QED) is 0.689. The zero-order valence-corrected chi connectivity index (χ0v) is 13.5. The number of nitrogen functional groups attached to an aromatic ring is 1. The van der Waals surface area contributed by atoms with Crippen LogP contribution < -0.4 is 10.5 Å². The lowest BCUT2D eigenvalue weighted by molar-refractivity contribution is 0.340. The lowest BCUT2D eigenvalue weighted by atomic mass is 10.3. The first-order valence-corrected chi connectivity index (χ1v) is 7.85. The van der Waals surface area contributed by atoms with Crippen molar-refractivity contribution in [2.45, 2.75) is 17.1 Å². The van der Waals surface area contributed by atoms with Gasteiger partial charge in [0.2, 0.25) is 5.95 Å². The van der Waals surface area contributed by atoms with Crippen molar-refractivity contribution in [2.75, 3.05) is 12.3 Å². The second-order valence-corrected chi connectivity index (χ2v) is 5.97. The monoisotopic (exact) mass is 365 g/mol. The number of ether oxygens (including phenoxy) is 1. The molecular weight excluding hydrogens is 354 g/mol. The lowest BCUT2D eigenvalue weighted by Crippen LogP contribution is -1.95.